The van der Waals surface area contributed by atoms with Crippen LogP contribution in [0.2, 0.25) is 0 Å². The van der Waals surface area contributed by atoms with Crippen LogP contribution in [0.5, 0.6) is 17.2 Å². The largest absolute Gasteiger partial charge is 0.493 e. The van der Waals surface area contributed by atoms with Crippen molar-refractivity contribution in [3.63, 3.8) is 0 Å². The number of nitrogens with one attached hydrogen (secondary N) is 2. The highest BCUT2D eigenvalue weighted by Crippen LogP contribution is 2.38. The van der Waals surface area contributed by atoms with Crippen LogP contribution in [0.15, 0.2) is 103 Å². The van der Waals surface area contributed by atoms with E-state index in [2.05, 4.69) is 15.6 Å². The molecule has 0 bridgehead atoms. The van der Waals surface area contributed by atoms with Crippen molar-refractivity contribution in [1.29, 1.82) is 0 Å². The molecule has 0 aliphatic carbocycles. The van der Waals surface area contributed by atoms with Gasteiger partial charge in [-0.3, -0.25) is 19.4 Å². The molecular formula is C33H29N3O6. The SMILES string of the molecule is COc1cc(/C=C/C(=O)c2ccc(NC(=O)/C(=C/c3cccnc3)NC(=O)c3ccccc3)cc2)cc(OC)c1OC. The Hall–Kier alpha value is -5.70. The minimum absolute atomic E-state index is 0.0327. The summed E-state index contributed by atoms with van der Waals surface area (Å²) in [6.07, 6.45) is 7.81. The van der Waals surface area contributed by atoms with Crippen molar-refractivity contribution in [2.24, 2.45) is 0 Å². The first-order valence-electron chi connectivity index (χ1n) is 12.8. The molecule has 42 heavy (non-hydrogen) atoms. The first-order chi connectivity index (χ1) is 20.4. The van der Waals surface area contributed by atoms with Gasteiger partial charge in [-0.2, -0.15) is 0 Å². The summed E-state index contributed by atoms with van der Waals surface area (Å²) < 4.78 is 16.1. The third kappa shape index (κ3) is 7.48. The average molecular weight is 564 g/mol. The zero-order chi connectivity index (χ0) is 29.9. The van der Waals surface area contributed by atoms with Gasteiger partial charge in [0.1, 0.15) is 5.70 Å². The number of allylic oxidation sites excluding steroid dienone is 1. The quantitative estimate of drug-likeness (QED) is 0.185. The number of nitrogens with zero attached hydrogens (tertiary/aromatic N) is 1. The van der Waals surface area contributed by atoms with Crippen molar-refractivity contribution in [3.05, 3.63) is 125 Å². The molecule has 1 heterocycles. The number of ketones is 1. The molecule has 212 valence electrons. The fraction of sp³-hybridized carbons (Fsp3) is 0.0909. The number of rotatable bonds is 11. The van der Waals surface area contributed by atoms with Crippen molar-refractivity contribution in [2.75, 3.05) is 26.6 Å². The highest BCUT2D eigenvalue weighted by molar-refractivity contribution is 6.11. The van der Waals surface area contributed by atoms with Crippen LogP contribution >= 0.6 is 0 Å². The third-order valence-corrected chi connectivity index (χ3v) is 6.07. The molecule has 0 saturated carbocycles. The Morgan fingerprint density at radius 2 is 1.45 bits per heavy atom. The van der Waals surface area contributed by atoms with E-state index in [1.54, 1.807) is 97.3 Å². The molecule has 0 radical (unpaired) electrons. The second-order valence-electron chi connectivity index (χ2n) is 8.85. The van der Waals surface area contributed by atoms with E-state index in [1.807, 2.05) is 0 Å². The van der Waals surface area contributed by atoms with Crippen LogP contribution in [0.4, 0.5) is 5.69 Å². The number of anilines is 1. The lowest BCUT2D eigenvalue weighted by molar-refractivity contribution is -0.113. The summed E-state index contributed by atoms with van der Waals surface area (Å²) in [4.78, 5) is 42.9. The van der Waals surface area contributed by atoms with Crippen LogP contribution in [0, 0.1) is 0 Å². The number of pyridine rings is 1. The van der Waals surface area contributed by atoms with E-state index in [-0.39, 0.29) is 11.5 Å². The van der Waals surface area contributed by atoms with Crippen molar-refractivity contribution in [2.45, 2.75) is 0 Å². The zero-order valence-electron chi connectivity index (χ0n) is 23.3. The van der Waals surface area contributed by atoms with Gasteiger partial charge in [-0.15, -0.1) is 0 Å². The lowest BCUT2D eigenvalue weighted by atomic mass is 10.1. The van der Waals surface area contributed by atoms with Crippen LogP contribution in [0.25, 0.3) is 12.2 Å². The summed E-state index contributed by atoms with van der Waals surface area (Å²) in [5.74, 6) is 0.195. The molecule has 0 spiro atoms. The molecule has 4 aromatic rings. The van der Waals surface area contributed by atoms with Gasteiger partial charge in [0.2, 0.25) is 5.75 Å². The van der Waals surface area contributed by atoms with Crippen LogP contribution in [-0.4, -0.2) is 43.9 Å². The number of methoxy groups -OCH3 is 3. The lowest BCUT2D eigenvalue weighted by Gasteiger charge is -2.12. The third-order valence-electron chi connectivity index (χ3n) is 6.07. The number of hydrogen-bond donors (Lipinski definition) is 2. The molecule has 0 aliphatic rings. The minimum Gasteiger partial charge on any atom is -0.493 e. The maximum Gasteiger partial charge on any atom is 0.272 e. The molecule has 2 N–H and O–H groups in total. The molecule has 3 aromatic carbocycles. The molecule has 2 amide bonds. The first kappa shape index (κ1) is 29.3. The predicted molar refractivity (Wildman–Crippen MR) is 161 cm³/mol. The Bertz CT molecular complexity index is 1590. The van der Waals surface area contributed by atoms with Crippen LogP contribution in [0.1, 0.15) is 31.8 Å². The van der Waals surface area contributed by atoms with Crippen molar-refractivity contribution in [3.8, 4) is 17.2 Å². The normalized spacial score (nSPS) is 11.1. The maximum absolute atomic E-state index is 13.2. The average Bonchev–Trinajstić information content (AvgIpc) is 3.03. The number of aromatic nitrogens is 1. The Morgan fingerprint density at radius 1 is 0.762 bits per heavy atom. The molecule has 9 nitrogen and oxygen atoms in total. The zero-order valence-corrected chi connectivity index (χ0v) is 23.3. The number of ether oxygens (including phenoxy) is 3. The summed E-state index contributed by atoms with van der Waals surface area (Å²) in [5.41, 5.74) is 2.62. The van der Waals surface area contributed by atoms with Gasteiger partial charge >= 0.3 is 0 Å². The van der Waals surface area contributed by atoms with Crippen LogP contribution < -0.4 is 24.8 Å². The molecule has 4 rings (SSSR count). The molecule has 0 saturated heterocycles. The minimum atomic E-state index is -0.537. The molecular weight excluding hydrogens is 534 g/mol. The van der Waals surface area contributed by atoms with Gasteiger partial charge < -0.3 is 24.8 Å². The van der Waals surface area contributed by atoms with Gasteiger partial charge in [0.25, 0.3) is 11.8 Å². The van der Waals surface area contributed by atoms with Crippen molar-refractivity contribution < 1.29 is 28.6 Å². The molecule has 1 aromatic heterocycles. The van der Waals surface area contributed by atoms with Gasteiger partial charge in [0.15, 0.2) is 17.3 Å². The topological polar surface area (TPSA) is 116 Å². The molecule has 0 atom stereocenters. The van der Waals surface area contributed by atoms with Crippen LogP contribution in [-0.2, 0) is 4.79 Å². The van der Waals surface area contributed by atoms with Gasteiger partial charge in [0, 0.05) is 29.2 Å². The maximum atomic E-state index is 13.2. The first-order valence-corrected chi connectivity index (χ1v) is 12.8. The fourth-order valence-electron chi connectivity index (χ4n) is 3.95. The van der Waals surface area contributed by atoms with Crippen molar-refractivity contribution >= 4 is 35.4 Å². The Kier molecular flexibility index (Phi) is 9.82. The highest BCUT2D eigenvalue weighted by atomic mass is 16.5. The van der Waals surface area contributed by atoms with Crippen molar-refractivity contribution in [1.82, 2.24) is 10.3 Å². The van der Waals surface area contributed by atoms with E-state index in [9.17, 15) is 14.4 Å². The summed E-state index contributed by atoms with van der Waals surface area (Å²) >= 11 is 0. The number of amides is 2. The smallest absolute Gasteiger partial charge is 0.272 e. The number of benzene rings is 3. The van der Waals surface area contributed by atoms with Gasteiger partial charge in [-0.05, 0) is 77.9 Å². The van der Waals surface area contributed by atoms with Crippen LogP contribution in [0.3, 0.4) is 0 Å². The van der Waals surface area contributed by atoms with Gasteiger partial charge in [-0.1, -0.05) is 30.3 Å². The standard InChI is InChI=1S/C33H29N3O6/c1-40-29-19-22(20-30(41-2)31(29)42-3)11-16-28(37)24-12-14-26(15-13-24)35-33(39)27(18-23-8-7-17-34-21-23)36-32(38)25-9-5-4-6-10-25/h4-21H,1-3H3,(H,35,39)(H,36,38)/b16-11+,27-18-. The van der Waals surface area contributed by atoms with Gasteiger partial charge in [-0.25, -0.2) is 0 Å². The van der Waals surface area contributed by atoms with E-state index in [0.717, 1.165) is 0 Å². The second-order valence-corrected chi connectivity index (χ2v) is 8.85. The lowest BCUT2D eigenvalue weighted by Crippen LogP contribution is -2.30. The molecule has 0 unspecified atom stereocenters. The number of carbonyl (C=O) groups excluding carboxylic acids is 3. The highest BCUT2D eigenvalue weighted by Gasteiger charge is 2.16. The molecule has 0 fully saturated rings. The summed E-state index contributed by atoms with van der Waals surface area (Å²) in [6.45, 7) is 0. The Balaban J connectivity index is 1.48. The van der Waals surface area contributed by atoms with E-state index in [0.29, 0.717) is 45.2 Å². The fourth-order valence-corrected chi connectivity index (χ4v) is 3.95. The summed E-state index contributed by atoms with van der Waals surface area (Å²) in [7, 11) is 4.56. The van der Waals surface area contributed by atoms with E-state index < -0.39 is 11.8 Å². The Labute approximate surface area is 243 Å². The second kappa shape index (κ2) is 14.1. The summed E-state index contributed by atoms with van der Waals surface area (Å²) in [5, 5.41) is 5.45. The molecule has 0 aliphatic heterocycles. The van der Waals surface area contributed by atoms with E-state index >= 15 is 0 Å². The van der Waals surface area contributed by atoms with Gasteiger partial charge in [0.05, 0.1) is 21.3 Å². The number of carbonyl (C=O) groups is 3. The molecule has 9 heteroatoms. The Morgan fingerprint density at radius 3 is 2.05 bits per heavy atom. The van der Waals surface area contributed by atoms with E-state index in [4.69, 9.17) is 14.2 Å². The number of hydrogen-bond acceptors (Lipinski definition) is 7. The predicted octanol–water partition coefficient (Wildman–Crippen LogP) is 5.41. The monoisotopic (exact) mass is 563 g/mol. The van der Waals surface area contributed by atoms with E-state index in [1.165, 1.54) is 33.5 Å². The summed E-state index contributed by atoms with van der Waals surface area (Å²) in [6, 6.07) is 22.0.